The highest BCUT2D eigenvalue weighted by atomic mass is 16.7. The Morgan fingerprint density at radius 3 is 2.08 bits per heavy atom. The van der Waals surface area contributed by atoms with E-state index in [9.17, 15) is 19.2 Å². The molecule has 0 spiro atoms. The number of fused-ring (bicyclic) bond motifs is 1. The summed E-state index contributed by atoms with van der Waals surface area (Å²) in [5.41, 5.74) is 0. The molecule has 132 valence electrons. The van der Waals surface area contributed by atoms with Crippen molar-refractivity contribution in [2.75, 3.05) is 0 Å². The molecule has 6 nitrogen and oxygen atoms in total. The van der Waals surface area contributed by atoms with Gasteiger partial charge in [-0.1, -0.05) is 32.3 Å². The van der Waals surface area contributed by atoms with Crippen molar-refractivity contribution >= 4 is 23.6 Å². The van der Waals surface area contributed by atoms with Gasteiger partial charge >= 0.3 is 5.97 Å². The molecule has 2 fully saturated rings. The van der Waals surface area contributed by atoms with Crippen molar-refractivity contribution in [3.63, 3.8) is 0 Å². The Labute approximate surface area is 142 Å². The topological polar surface area (TPSA) is 80.8 Å². The van der Waals surface area contributed by atoms with E-state index < -0.39 is 5.97 Å². The fourth-order valence-corrected chi connectivity index (χ4v) is 3.39. The molecule has 6 heteroatoms. The number of hydroxylamine groups is 2. The van der Waals surface area contributed by atoms with Crippen molar-refractivity contribution in [2.45, 2.75) is 64.2 Å². The highest BCUT2D eigenvalue weighted by Gasteiger charge is 2.50. The summed E-state index contributed by atoms with van der Waals surface area (Å²) < 4.78 is 0. The van der Waals surface area contributed by atoms with Gasteiger partial charge in [-0.25, -0.2) is 4.79 Å². The van der Waals surface area contributed by atoms with Crippen LogP contribution in [0.2, 0.25) is 0 Å². The number of amides is 2. The number of carbonyl (C=O) groups excluding carboxylic acids is 4. The molecule has 1 saturated heterocycles. The molecule has 0 aromatic rings. The summed E-state index contributed by atoms with van der Waals surface area (Å²) in [5, 5.41) is 0.700. The Morgan fingerprint density at radius 2 is 1.54 bits per heavy atom. The van der Waals surface area contributed by atoms with Crippen molar-refractivity contribution in [1.29, 1.82) is 0 Å². The number of imide groups is 1. The largest absolute Gasteiger partial charge is 0.333 e. The summed E-state index contributed by atoms with van der Waals surface area (Å²) in [6.07, 6.45) is 8.28. The molecule has 0 bridgehead atoms. The normalized spacial score (nSPS) is 23.1. The van der Waals surface area contributed by atoms with Crippen molar-refractivity contribution in [3.8, 4) is 0 Å². The lowest BCUT2D eigenvalue weighted by Gasteiger charge is -2.19. The second kappa shape index (κ2) is 8.76. The fourth-order valence-electron chi connectivity index (χ4n) is 3.39. The minimum atomic E-state index is -0.544. The van der Waals surface area contributed by atoms with E-state index in [1.807, 2.05) is 0 Å². The van der Waals surface area contributed by atoms with Crippen LogP contribution in [-0.4, -0.2) is 28.6 Å². The van der Waals surface area contributed by atoms with Gasteiger partial charge in [-0.15, -0.1) is 5.06 Å². The number of nitrogens with zero attached hydrogens (tertiary/aromatic N) is 1. The van der Waals surface area contributed by atoms with Gasteiger partial charge in [0.05, 0.1) is 11.8 Å². The smallest absolute Gasteiger partial charge is 0.330 e. The maximum absolute atomic E-state index is 12.2. The number of hydrogen-bond donors (Lipinski definition) is 0. The van der Waals surface area contributed by atoms with E-state index in [0.29, 0.717) is 30.7 Å². The van der Waals surface area contributed by atoms with Crippen LogP contribution in [0.3, 0.4) is 0 Å². The molecule has 2 aliphatic rings. The average Bonchev–Trinajstić information content (AvgIpc) is 2.83. The third-order valence-electron chi connectivity index (χ3n) is 4.78. The summed E-state index contributed by atoms with van der Waals surface area (Å²) in [6.45, 7) is 3.42. The number of ketones is 1. The minimum Gasteiger partial charge on any atom is -0.330 e. The molecular formula is C18H25NO5. The maximum Gasteiger partial charge on any atom is 0.333 e. The zero-order valence-electron chi connectivity index (χ0n) is 14.0. The lowest BCUT2D eigenvalue weighted by atomic mass is 9.81. The van der Waals surface area contributed by atoms with Crippen LogP contribution in [0.15, 0.2) is 12.7 Å². The van der Waals surface area contributed by atoms with E-state index in [-0.39, 0.29) is 35.9 Å². The Hall–Kier alpha value is -1.98. The molecule has 24 heavy (non-hydrogen) atoms. The number of hydrogen-bond acceptors (Lipinski definition) is 5. The molecule has 0 aromatic carbocycles. The molecule has 0 N–H and O–H groups in total. The summed E-state index contributed by atoms with van der Waals surface area (Å²) >= 11 is 0. The number of carbonyl (C=O) groups is 4. The van der Waals surface area contributed by atoms with Gasteiger partial charge in [0.1, 0.15) is 0 Å². The molecule has 1 heterocycles. The van der Waals surface area contributed by atoms with Crippen LogP contribution in [0.5, 0.6) is 0 Å². The molecule has 0 aromatic heterocycles. The van der Waals surface area contributed by atoms with Gasteiger partial charge in [-0.2, -0.15) is 0 Å². The van der Waals surface area contributed by atoms with Gasteiger partial charge < -0.3 is 4.84 Å². The first-order valence-electron chi connectivity index (χ1n) is 8.78. The molecular weight excluding hydrogens is 310 g/mol. The van der Waals surface area contributed by atoms with Crippen LogP contribution in [0.1, 0.15) is 64.2 Å². The first-order chi connectivity index (χ1) is 11.5. The molecule has 2 atom stereocenters. The van der Waals surface area contributed by atoms with E-state index in [1.165, 1.54) is 6.08 Å². The Morgan fingerprint density at radius 1 is 1.00 bits per heavy atom. The van der Waals surface area contributed by atoms with Gasteiger partial charge in [0, 0.05) is 12.8 Å². The van der Waals surface area contributed by atoms with Crippen LogP contribution in [0.25, 0.3) is 0 Å². The van der Waals surface area contributed by atoms with E-state index in [4.69, 9.17) is 4.84 Å². The van der Waals surface area contributed by atoms with Crippen LogP contribution in [0, 0.1) is 11.8 Å². The number of rotatable bonds is 9. The predicted molar refractivity (Wildman–Crippen MR) is 86.3 cm³/mol. The Bertz CT molecular complexity index is 504. The molecule has 2 unspecified atom stereocenters. The lowest BCUT2D eigenvalue weighted by molar-refractivity contribution is -0.198. The molecule has 1 saturated carbocycles. The SMILES string of the molecule is C=CC(=O)CCCCCCC(=O)ON1C(=O)C2CCCCC2C1=O. The standard InChI is InChI=1S/C18H25NO5/c1-2-13(20)9-5-3-4-6-12-16(21)24-19-17(22)14-10-7-8-11-15(14)18(19)23/h2,14-15H,1,3-12H2. The van der Waals surface area contributed by atoms with Crippen LogP contribution >= 0.6 is 0 Å². The Kier molecular flexibility index (Phi) is 6.70. The molecule has 0 radical (unpaired) electrons. The monoisotopic (exact) mass is 335 g/mol. The van der Waals surface area contributed by atoms with E-state index in [0.717, 1.165) is 32.1 Å². The molecule has 1 aliphatic heterocycles. The predicted octanol–water partition coefficient (Wildman–Crippen LogP) is 2.72. The summed E-state index contributed by atoms with van der Waals surface area (Å²) in [6, 6.07) is 0. The third kappa shape index (κ3) is 4.52. The zero-order chi connectivity index (χ0) is 17.5. The Balaban J connectivity index is 1.67. The average molecular weight is 335 g/mol. The first-order valence-corrected chi connectivity index (χ1v) is 8.78. The van der Waals surface area contributed by atoms with Crippen LogP contribution in [0.4, 0.5) is 0 Å². The number of allylic oxidation sites excluding steroid dienone is 1. The fraction of sp³-hybridized carbons (Fsp3) is 0.667. The second-order valence-corrected chi connectivity index (χ2v) is 6.52. The van der Waals surface area contributed by atoms with Gasteiger partial charge in [0.2, 0.25) is 0 Å². The quantitative estimate of drug-likeness (QED) is 0.368. The third-order valence-corrected chi connectivity index (χ3v) is 4.78. The molecule has 1 aliphatic carbocycles. The molecule has 2 amide bonds. The first kappa shape index (κ1) is 18.4. The van der Waals surface area contributed by atoms with E-state index >= 15 is 0 Å². The van der Waals surface area contributed by atoms with Crippen molar-refractivity contribution in [2.24, 2.45) is 11.8 Å². The van der Waals surface area contributed by atoms with E-state index in [1.54, 1.807) is 0 Å². The van der Waals surface area contributed by atoms with Gasteiger partial charge in [-0.3, -0.25) is 14.4 Å². The highest BCUT2D eigenvalue weighted by molar-refractivity contribution is 6.04. The second-order valence-electron chi connectivity index (χ2n) is 6.52. The van der Waals surface area contributed by atoms with E-state index in [2.05, 4.69) is 6.58 Å². The van der Waals surface area contributed by atoms with Gasteiger partial charge in [-0.05, 0) is 31.8 Å². The summed E-state index contributed by atoms with van der Waals surface area (Å²) in [5.74, 6) is -1.84. The lowest BCUT2D eigenvalue weighted by Crippen LogP contribution is -2.33. The van der Waals surface area contributed by atoms with Crippen molar-refractivity contribution < 1.29 is 24.0 Å². The maximum atomic E-state index is 12.2. The minimum absolute atomic E-state index is 0.0296. The number of unbranched alkanes of at least 4 members (excludes halogenated alkanes) is 3. The van der Waals surface area contributed by atoms with Gasteiger partial charge in [0.25, 0.3) is 11.8 Å². The van der Waals surface area contributed by atoms with Crippen molar-refractivity contribution in [3.05, 3.63) is 12.7 Å². The summed E-state index contributed by atoms with van der Waals surface area (Å²) in [7, 11) is 0. The zero-order valence-corrected chi connectivity index (χ0v) is 14.0. The summed E-state index contributed by atoms with van der Waals surface area (Å²) in [4.78, 5) is 52.3. The van der Waals surface area contributed by atoms with Crippen LogP contribution in [-0.2, 0) is 24.0 Å². The highest BCUT2D eigenvalue weighted by Crippen LogP contribution is 2.38. The van der Waals surface area contributed by atoms with Crippen molar-refractivity contribution in [1.82, 2.24) is 5.06 Å². The molecule has 2 rings (SSSR count). The van der Waals surface area contributed by atoms with Crippen LogP contribution < -0.4 is 0 Å². The van der Waals surface area contributed by atoms with Gasteiger partial charge in [0.15, 0.2) is 5.78 Å².